The third-order valence-electron chi connectivity index (χ3n) is 5.82. The van der Waals surface area contributed by atoms with Crippen LogP contribution in [0.5, 0.6) is 5.75 Å². The van der Waals surface area contributed by atoms with Gasteiger partial charge in [-0.1, -0.05) is 42.5 Å². The Morgan fingerprint density at radius 3 is 2.56 bits per heavy atom. The van der Waals surface area contributed by atoms with Gasteiger partial charge >= 0.3 is 5.69 Å². The van der Waals surface area contributed by atoms with Crippen molar-refractivity contribution in [2.24, 2.45) is 0 Å². The number of carbonyl (C=O) groups excluding carboxylic acids is 1. The molecular weight excluding hydrogens is 432 g/mol. The summed E-state index contributed by atoms with van der Waals surface area (Å²) in [5.41, 5.74) is 1.78. The average molecular weight is 457 g/mol. The lowest BCUT2D eigenvalue weighted by Crippen LogP contribution is -2.31. The Bertz CT molecular complexity index is 1440. The molecule has 8 heteroatoms. The van der Waals surface area contributed by atoms with Crippen molar-refractivity contribution in [1.82, 2.24) is 19.9 Å². The number of hydrogen-bond acceptors (Lipinski definition) is 5. The lowest BCUT2D eigenvalue weighted by atomic mass is 10.1. The van der Waals surface area contributed by atoms with E-state index in [0.717, 1.165) is 29.7 Å². The molecule has 34 heavy (non-hydrogen) atoms. The monoisotopic (exact) mass is 456 g/mol. The molecule has 0 unspecified atom stereocenters. The third-order valence-corrected chi connectivity index (χ3v) is 5.82. The van der Waals surface area contributed by atoms with Crippen LogP contribution in [0.4, 0.5) is 0 Å². The van der Waals surface area contributed by atoms with E-state index in [9.17, 15) is 14.4 Å². The summed E-state index contributed by atoms with van der Waals surface area (Å²) < 4.78 is 7.31. The number of benzene rings is 2. The van der Waals surface area contributed by atoms with Crippen LogP contribution in [0.3, 0.4) is 0 Å². The van der Waals surface area contributed by atoms with Gasteiger partial charge in [-0.2, -0.15) is 0 Å². The number of aromatic amines is 1. The van der Waals surface area contributed by atoms with Gasteiger partial charge in [-0.05, 0) is 48.6 Å². The first-order valence-corrected chi connectivity index (χ1v) is 11.3. The Morgan fingerprint density at radius 1 is 1.06 bits per heavy atom. The Kier molecular flexibility index (Phi) is 5.95. The van der Waals surface area contributed by atoms with E-state index in [-0.39, 0.29) is 22.9 Å². The van der Waals surface area contributed by atoms with Crippen molar-refractivity contribution < 1.29 is 9.53 Å². The summed E-state index contributed by atoms with van der Waals surface area (Å²) in [4.78, 5) is 43.6. The normalized spacial score (nSPS) is 13.1. The largest absolute Gasteiger partial charge is 0.489 e. The number of H-pyrrole nitrogens is 1. The molecule has 8 nitrogen and oxygen atoms in total. The van der Waals surface area contributed by atoms with Crippen molar-refractivity contribution in [2.45, 2.75) is 31.9 Å². The molecule has 0 radical (unpaired) electrons. The Morgan fingerprint density at radius 2 is 1.82 bits per heavy atom. The molecule has 0 aliphatic heterocycles. The zero-order valence-corrected chi connectivity index (χ0v) is 18.5. The highest BCUT2D eigenvalue weighted by atomic mass is 16.5. The van der Waals surface area contributed by atoms with Crippen LogP contribution < -0.4 is 21.3 Å². The number of carbonyl (C=O) groups is 1. The van der Waals surface area contributed by atoms with Gasteiger partial charge in [0, 0.05) is 18.8 Å². The SMILES string of the molecule is O=C(NCCc1ccc(OCc2ccccc2)cc1)c1cnc2c(c1)c(=O)[nH]c(=O)n2C1CC1. The van der Waals surface area contributed by atoms with Crippen molar-refractivity contribution >= 4 is 16.9 Å². The van der Waals surface area contributed by atoms with Crippen molar-refractivity contribution in [1.29, 1.82) is 0 Å². The number of rotatable bonds is 8. The molecule has 2 N–H and O–H groups in total. The Hall–Kier alpha value is -4.20. The van der Waals surface area contributed by atoms with Gasteiger partial charge in [0.15, 0.2) is 0 Å². The molecular formula is C26H24N4O4. The summed E-state index contributed by atoms with van der Waals surface area (Å²) in [6, 6.07) is 19.3. The van der Waals surface area contributed by atoms with Crippen LogP contribution in [0.25, 0.3) is 11.0 Å². The fourth-order valence-corrected chi connectivity index (χ4v) is 3.85. The molecule has 1 fully saturated rings. The number of nitrogens with zero attached hydrogens (tertiary/aromatic N) is 2. The van der Waals surface area contributed by atoms with E-state index >= 15 is 0 Å². The van der Waals surface area contributed by atoms with Crippen LogP contribution in [-0.2, 0) is 13.0 Å². The molecule has 0 spiro atoms. The molecule has 2 aromatic heterocycles. The Labute approximate surface area is 195 Å². The highest BCUT2D eigenvalue weighted by molar-refractivity contribution is 5.96. The second-order valence-corrected chi connectivity index (χ2v) is 8.38. The number of ether oxygens (including phenoxy) is 1. The first-order chi connectivity index (χ1) is 16.6. The standard InChI is InChI=1S/C26H24N4O4/c31-24(19-14-22-23(28-15-19)30(20-8-9-20)26(33)29-25(22)32)27-13-12-17-6-10-21(11-7-17)34-16-18-4-2-1-3-5-18/h1-7,10-11,14-15,20H,8-9,12-13,16H2,(H,27,31)(H,29,32,33). The van der Waals surface area contributed by atoms with Crippen LogP contribution >= 0.6 is 0 Å². The van der Waals surface area contributed by atoms with Gasteiger partial charge in [0.25, 0.3) is 11.5 Å². The molecule has 1 aliphatic carbocycles. The fourth-order valence-electron chi connectivity index (χ4n) is 3.85. The molecule has 2 heterocycles. The van der Waals surface area contributed by atoms with Gasteiger partial charge in [0.2, 0.25) is 0 Å². The Balaban J connectivity index is 1.18. The molecule has 0 bridgehead atoms. The zero-order chi connectivity index (χ0) is 23.5. The van der Waals surface area contributed by atoms with Gasteiger partial charge in [0.1, 0.15) is 18.0 Å². The molecule has 172 valence electrons. The van der Waals surface area contributed by atoms with Gasteiger partial charge < -0.3 is 10.1 Å². The third kappa shape index (κ3) is 4.76. The van der Waals surface area contributed by atoms with E-state index < -0.39 is 11.2 Å². The predicted molar refractivity (Wildman–Crippen MR) is 128 cm³/mol. The number of amides is 1. The molecule has 1 saturated carbocycles. The molecule has 0 saturated heterocycles. The molecule has 0 atom stereocenters. The first kappa shape index (κ1) is 21.6. The van der Waals surface area contributed by atoms with Crippen molar-refractivity contribution in [3.8, 4) is 5.75 Å². The van der Waals surface area contributed by atoms with Crippen LogP contribution in [0.15, 0.2) is 76.4 Å². The summed E-state index contributed by atoms with van der Waals surface area (Å²) >= 11 is 0. The highest BCUT2D eigenvalue weighted by Gasteiger charge is 2.27. The molecule has 5 rings (SSSR count). The number of nitrogens with one attached hydrogen (secondary N) is 2. The zero-order valence-electron chi connectivity index (χ0n) is 18.5. The minimum atomic E-state index is -0.534. The van der Waals surface area contributed by atoms with Gasteiger partial charge in [-0.15, -0.1) is 0 Å². The van der Waals surface area contributed by atoms with E-state index in [4.69, 9.17) is 4.74 Å². The average Bonchev–Trinajstić information content (AvgIpc) is 3.69. The van der Waals surface area contributed by atoms with Gasteiger partial charge in [-0.3, -0.25) is 19.1 Å². The second-order valence-electron chi connectivity index (χ2n) is 8.38. The van der Waals surface area contributed by atoms with E-state index in [0.29, 0.717) is 25.2 Å². The van der Waals surface area contributed by atoms with Gasteiger partial charge in [-0.25, -0.2) is 9.78 Å². The predicted octanol–water partition coefficient (Wildman–Crippen LogP) is 2.97. The topological polar surface area (TPSA) is 106 Å². The maximum atomic E-state index is 12.6. The minimum Gasteiger partial charge on any atom is -0.489 e. The van der Waals surface area contributed by atoms with Crippen molar-refractivity contribution in [3.63, 3.8) is 0 Å². The van der Waals surface area contributed by atoms with Crippen LogP contribution in [-0.4, -0.2) is 27.0 Å². The molecule has 2 aromatic carbocycles. The van der Waals surface area contributed by atoms with E-state index in [1.54, 1.807) is 0 Å². The summed E-state index contributed by atoms with van der Waals surface area (Å²) in [5.74, 6) is 0.467. The minimum absolute atomic E-state index is 0.0640. The maximum absolute atomic E-state index is 12.6. The number of hydrogen-bond donors (Lipinski definition) is 2. The number of fused-ring (bicyclic) bond motifs is 1. The van der Waals surface area contributed by atoms with E-state index in [1.807, 2.05) is 54.6 Å². The fraction of sp³-hybridized carbons (Fsp3) is 0.231. The number of pyridine rings is 1. The van der Waals surface area contributed by atoms with Gasteiger partial charge in [0.05, 0.1) is 10.9 Å². The summed E-state index contributed by atoms with van der Waals surface area (Å²) in [6.07, 6.45) is 3.82. The lowest BCUT2D eigenvalue weighted by Gasteiger charge is -2.10. The molecule has 1 amide bonds. The lowest BCUT2D eigenvalue weighted by molar-refractivity contribution is 0.0954. The quantitative estimate of drug-likeness (QED) is 0.424. The smallest absolute Gasteiger partial charge is 0.330 e. The van der Waals surface area contributed by atoms with Crippen LogP contribution in [0.2, 0.25) is 0 Å². The van der Waals surface area contributed by atoms with Crippen molar-refractivity contribution in [2.75, 3.05) is 6.54 Å². The highest BCUT2D eigenvalue weighted by Crippen LogP contribution is 2.34. The molecule has 4 aromatic rings. The number of aromatic nitrogens is 3. The summed E-state index contributed by atoms with van der Waals surface area (Å²) in [6.45, 7) is 0.939. The molecule has 1 aliphatic rings. The van der Waals surface area contributed by atoms with Crippen molar-refractivity contribution in [3.05, 3.63) is 104 Å². The first-order valence-electron chi connectivity index (χ1n) is 11.3. The van der Waals surface area contributed by atoms with Crippen LogP contribution in [0, 0.1) is 0 Å². The van der Waals surface area contributed by atoms with E-state index in [2.05, 4.69) is 15.3 Å². The van der Waals surface area contributed by atoms with E-state index in [1.165, 1.54) is 16.8 Å². The summed E-state index contributed by atoms with van der Waals surface area (Å²) in [7, 11) is 0. The maximum Gasteiger partial charge on any atom is 0.330 e. The second kappa shape index (κ2) is 9.35. The summed E-state index contributed by atoms with van der Waals surface area (Å²) in [5, 5.41) is 3.10. The van der Waals surface area contributed by atoms with Crippen LogP contribution in [0.1, 0.15) is 40.4 Å².